The largest absolute Gasteiger partial charge is 0.311 e. The van der Waals surface area contributed by atoms with Gasteiger partial charge in [-0.3, -0.25) is 4.98 Å². The van der Waals surface area contributed by atoms with Crippen LogP contribution in [-0.4, -0.2) is 35.6 Å². The molecular formula is C18H31N3. The van der Waals surface area contributed by atoms with Crippen LogP contribution in [0.3, 0.4) is 0 Å². The van der Waals surface area contributed by atoms with E-state index in [1.807, 2.05) is 12.4 Å². The molecule has 3 nitrogen and oxygen atoms in total. The number of nitrogens with one attached hydrogen (secondary N) is 1. The zero-order chi connectivity index (χ0) is 15.3. The minimum atomic E-state index is 0.208. The Balaban J connectivity index is 1.92. The van der Waals surface area contributed by atoms with E-state index in [2.05, 4.69) is 55.2 Å². The number of nitrogens with zero attached hydrogens (tertiary/aromatic N) is 2. The summed E-state index contributed by atoms with van der Waals surface area (Å²) in [6.07, 6.45) is 9.25. The fraction of sp³-hybridized carbons (Fsp3) is 0.722. The Labute approximate surface area is 130 Å². The molecule has 1 N–H and O–H groups in total. The van der Waals surface area contributed by atoms with Crippen molar-refractivity contribution < 1.29 is 0 Å². The first-order valence-corrected chi connectivity index (χ1v) is 8.21. The second kappa shape index (κ2) is 6.89. The van der Waals surface area contributed by atoms with E-state index in [1.165, 1.54) is 37.8 Å². The lowest BCUT2D eigenvalue weighted by Crippen LogP contribution is -2.47. The van der Waals surface area contributed by atoms with Gasteiger partial charge in [0.25, 0.3) is 0 Å². The van der Waals surface area contributed by atoms with Gasteiger partial charge >= 0.3 is 0 Å². The van der Waals surface area contributed by atoms with Gasteiger partial charge in [0.2, 0.25) is 0 Å². The number of aromatic nitrogens is 1. The predicted molar refractivity (Wildman–Crippen MR) is 89.2 cm³/mol. The summed E-state index contributed by atoms with van der Waals surface area (Å²) in [5, 5.41) is 3.74. The second-order valence-corrected chi connectivity index (χ2v) is 7.84. The van der Waals surface area contributed by atoms with Crippen LogP contribution in [-0.2, 0) is 6.54 Å². The van der Waals surface area contributed by atoms with Crippen molar-refractivity contribution in [1.29, 1.82) is 0 Å². The van der Waals surface area contributed by atoms with Crippen LogP contribution in [0.2, 0.25) is 0 Å². The van der Waals surface area contributed by atoms with Crippen molar-refractivity contribution >= 4 is 0 Å². The zero-order valence-corrected chi connectivity index (χ0v) is 14.2. The van der Waals surface area contributed by atoms with Crippen molar-refractivity contribution in [2.75, 3.05) is 20.1 Å². The molecule has 1 heterocycles. The van der Waals surface area contributed by atoms with Crippen molar-refractivity contribution in [3.63, 3.8) is 0 Å². The molecule has 0 saturated heterocycles. The fourth-order valence-electron chi connectivity index (χ4n) is 3.40. The molecule has 0 atom stereocenters. The summed E-state index contributed by atoms with van der Waals surface area (Å²) in [5.74, 6) is 0. The molecule has 0 aliphatic heterocycles. The first-order valence-electron chi connectivity index (χ1n) is 8.21. The Hall–Kier alpha value is -0.930. The molecule has 1 saturated carbocycles. The third-order valence-corrected chi connectivity index (χ3v) is 4.47. The van der Waals surface area contributed by atoms with Gasteiger partial charge in [-0.1, -0.05) is 12.8 Å². The van der Waals surface area contributed by atoms with E-state index in [4.69, 9.17) is 0 Å². The first kappa shape index (κ1) is 16.4. The van der Waals surface area contributed by atoms with Crippen LogP contribution in [0.25, 0.3) is 0 Å². The van der Waals surface area contributed by atoms with Gasteiger partial charge < -0.3 is 10.2 Å². The van der Waals surface area contributed by atoms with Crippen molar-refractivity contribution in [3.8, 4) is 0 Å². The number of hydrogen-bond donors (Lipinski definition) is 1. The summed E-state index contributed by atoms with van der Waals surface area (Å²) >= 11 is 0. The zero-order valence-electron chi connectivity index (χ0n) is 14.2. The Kier molecular flexibility index (Phi) is 5.39. The van der Waals surface area contributed by atoms with Gasteiger partial charge in [-0.15, -0.1) is 0 Å². The van der Waals surface area contributed by atoms with E-state index in [0.717, 1.165) is 13.1 Å². The average molecular weight is 289 g/mol. The van der Waals surface area contributed by atoms with Crippen molar-refractivity contribution in [3.05, 3.63) is 30.1 Å². The summed E-state index contributed by atoms with van der Waals surface area (Å²) in [6, 6.07) is 4.23. The van der Waals surface area contributed by atoms with E-state index < -0.39 is 0 Å². The lowest BCUT2D eigenvalue weighted by molar-refractivity contribution is 0.156. The summed E-state index contributed by atoms with van der Waals surface area (Å²) < 4.78 is 0. The first-order chi connectivity index (χ1) is 9.89. The highest BCUT2D eigenvalue weighted by Gasteiger charge is 2.35. The van der Waals surface area contributed by atoms with E-state index in [1.54, 1.807) is 0 Å². The minimum Gasteiger partial charge on any atom is -0.311 e. The highest BCUT2D eigenvalue weighted by atomic mass is 15.1. The summed E-state index contributed by atoms with van der Waals surface area (Å²) in [6.45, 7) is 10.1. The number of pyridine rings is 1. The molecule has 1 aliphatic carbocycles. The molecule has 21 heavy (non-hydrogen) atoms. The van der Waals surface area contributed by atoms with Crippen molar-refractivity contribution in [2.24, 2.45) is 5.41 Å². The van der Waals surface area contributed by atoms with E-state index in [9.17, 15) is 0 Å². The van der Waals surface area contributed by atoms with Crippen LogP contribution in [0, 0.1) is 5.41 Å². The SMILES string of the molecule is CN(Cc1ccncc1)CC1(CNC(C)(C)C)CCCC1. The van der Waals surface area contributed by atoms with Crippen molar-refractivity contribution in [2.45, 2.75) is 58.5 Å². The molecule has 2 rings (SSSR count). The van der Waals surface area contributed by atoms with Crippen LogP contribution < -0.4 is 5.32 Å². The normalized spacial score (nSPS) is 18.3. The standard InChI is InChI=1S/C18H31N3/c1-17(2,3)20-14-18(9-5-6-10-18)15-21(4)13-16-7-11-19-12-8-16/h7-8,11-12,20H,5-6,9-10,13-15H2,1-4H3. The molecule has 0 aromatic carbocycles. The molecule has 0 amide bonds. The second-order valence-electron chi connectivity index (χ2n) is 7.84. The summed E-state index contributed by atoms with van der Waals surface area (Å²) in [5.41, 5.74) is 2.01. The van der Waals surface area contributed by atoms with Crippen LogP contribution in [0.4, 0.5) is 0 Å². The predicted octanol–water partition coefficient (Wildman–Crippen LogP) is 3.46. The van der Waals surface area contributed by atoms with Gasteiger partial charge in [0.1, 0.15) is 0 Å². The average Bonchev–Trinajstić information content (AvgIpc) is 2.86. The third-order valence-electron chi connectivity index (χ3n) is 4.47. The van der Waals surface area contributed by atoms with Gasteiger partial charge in [-0.25, -0.2) is 0 Å². The van der Waals surface area contributed by atoms with Crippen LogP contribution >= 0.6 is 0 Å². The Morgan fingerprint density at radius 3 is 2.38 bits per heavy atom. The van der Waals surface area contributed by atoms with E-state index >= 15 is 0 Å². The Morgan fingerprint density at radius 2 is 1.81 bits per heavy atom. The number of hydrogen-bond acceptors (Lipinski definition) is 3. The summed E-state index contributed by atoms with van der Waals surface area (Å²) in [4.78, 5) is 6.57. The van der Waals surface area contributed by atoms with Gasteiger partial charge in [-0.2, -0.15) is 0 Å². The van der Waals surface area contributed by atoms with Crippen LogP contribution in [0.1, 0.15) is 52.0 Å². The highest BCUT2D eigenvalue weighted by molar-refractivity contribution is 5.09. The molecule has 0 bridgehead atoms. The maximum Gasteiger partial charge on any atom is 0.0271 e. The molecule has 118 valence electrons. The molecular weight excluding hydrogens is 258 g/mol. The third kappa shape index (κ3) is 5.40. The molecule has 3 heteroatoms. The maximum absolute atomic E-state index is 4.10. The van der Waals surface area contributed by atoms with E-state index in [-0.39, 0.29) is 5.54 Å². The number of rotatable bonds is 6. The smallest absolute Gasteiger partial charge is 0.0271 e. The molecule has 1 aromatic heterocycles. The molecule has 0 radical (unpaired) electrons. The highest BCUT2D eigenvalue weighted by Crippen LogP contribution is 2.38. The van der Waals surface area contributed by atoms with Gasteiger partial charge in [0, 0.05) is 37.6 Å². The topological polar surface area (TPSA) is 28.2 Å². The van der Waals surface area contributed by atoms with Gasteiger partial charge in [0.15, 0.2) is 0 Å². The van der Waals surface area contributed by atoms with Crippen molar-refractivity contribution in [1.82, 2.24) is 15.2 Å². The van der Waals surface area contributed by atoms with Gasteiger partial charge in [0.05, 0.1) is 0 Å². The van der Waals surface area contributed by atoms with Gasteiger partial charge in [-0.05, 0) is 63.8 Å². The minimum absolute atomic E-state index is 0.208. The van der Waals surface area contributed by atoms with E-state index in [0.29, 0.717) is 5.41 Å². The molecule has 1 aliphatic rings. The molecule has 0 unspecified atom stereocenters. The lowest BCUT2D eigenvalue weighted by atomic mass is 9.84. The molecule has 0 spiro atoms. The monoisotopic (exact) mass is 289 g/mol. The maximum atomic E-state index is 4.10. The Bertz CT molecular complexity index is 416. The molecule has 1 aromatic rings. The lowest BCUT2D eigenvalue weighted by Gasteiger charge is -2.36. The van der Waals surface area contributed by atoms with Crippen LogP contribution in [0.15, 0.2) is 24.5 Å². The fourth-order valence-corrected chi connectivity index (χ4v) is 3.40. The van der Waals surface area contributed by atoms with Crippen LogP contribution in [0.5, 0.6) is 0 Å². The quantitative estimate of drug-likeness (QED) is 0.869. The summed E-state index contributed by atoms with van der Waals surface area (Å²) in [7, 11) is 2.25. The molecule has 1 fully saturated rings. The Morgan fingerprint density at radius 1 is 1.19 bits per heavy atom.